The highest BCUT2D eigenvalue weighted by molar-refractivity contribution is 5.79. The minimum atomic E-state index is -1.68. The summed E-state index contributed by atoms with van der Waals surface area (Å²) < 4.78 is 35.6. The lowest BCUT2D eigenvalue weighted by atomic mass is 9.33. The van der Waals surface area contributed by atoms with E-state index in [0.717, 1.165) is 44.9 Å². The average molecular weight is 913 g/mol. The molecule has 17 nitrogen and oxygen atoms in total. The quantitative estimate of drug-likeness (QED) is 0.0916. The van der Waals surface area contributed by atoms with E-state index < -0.39 is 122 Å². The van der Waals surface area contributed by atoms with Crippen molar-refractivity contribution in [2.45, 2.75) is 205 Å². The largest absolute Gasteiger partial charge is 0.432 e. The number of fused-ring (bicyclic) bond motifs is 7. The molecule has 3 saturated heterocycles. The molecule has 0 aromatic carbocycles. The Bertz CT molecular complexity index is 1740. The summed E-state index contributed by atoms with van der Waals surface area (Å²) in [5.74, 6) is -0.119. The van der Waals surface area contributed by atoms with Crippen LogP contribution in [0.25, 0.3) is 0 Å². The van der Waals surface area contributed by atoms with Gasteiger partial charge in [-0.15, -0.1) is 0 Å². The maximum atomic E-state index is 14.7. The third-order valence-electron chi connectivity index (χ3n) is 18.9. The summed E-state index contributed by atoms with van der Waals surface area (Å²) in [7, 11) is 0. The molecule has 64 heavy (non-hydrogen) atoms. The van der Waals surface area contributed by atoms with Gasteiger partial charge >= 0.3 is 5.97 Å². The number of rotatable bonds is 8. The second kappa shape index (κ2) is 17.2. The number of hydrogen-bond donors (Lipinski definition) is 10. The Kier molecular flexibility index (Phi) is 13.2. The molecule has 22 unspecified atom stereocenters. The maximum absolute atomic E-state index is 14.7. The van der Waals surface area contributed by atoms with Crippen LogP contribution in [0.3, 0.4) is 0 Å². The van der Waals surface area contributed by atoms with Gasteiger partial charge in [-0.1, -0.05) is 60.1 Å². The first-order valence-electron chi connectivity index (χ1n) is 23.7. The summed E-state index contributed by atoms with van der Waals surface area (Å²) in [5, 5.41) is 105. The molecule has 3 heterocycles. The zero-order chi connectivity index (χ0) is 46.7. The maximum Gasteiger partial charge on any atom is 0.315 e. The minimum Gasteiger partial charge on any atom is -0.432 e. The highest BCUT2D eigenvalue weighted by Crippen LogP contribution is 2.76. The smallest absolute Gasteiger partial charge is 0.315 e. The fourth-order valence-electron chi connectivity index (χ4n) is 14.8. The Morgan fingerprint density at radius 3 is 2.00 bits per heavy atom. The van der Waals surface area contributed by atoms with Gasteiger partial charge in [0.05, 0.1) is 31.3 Å². The highest BCUT2D eigenvalue weighted by atomic mass is 16.7. The van der Waals surface area contributed by atoms with Crippen LogP contribution in [-0.2, 0) is 33.2 Å². The van der Waals surface area contributed by atoms with Crippen molar-refractivity contribution in [1.82, 2.24) is 0 Å². The first-order valence-corrected chi connectivity index (χ1v) is 23.7. The monoisotopic (exact) mass is 913 g/mol. The first-order chi connectivity index (χ1) is 29.9. The van der Waals surface area contributed by atoms with Crippen molar-refractivity contribution in [2.24, 2.45) is 50.2 Å². The van der Waals surface area contributed by atoms with Gasteiger partial charge in [-0.3, -0.25) is 4.79 Å². The fraction of sp³-hybridized carbons (Fsp3) is 0.936. The van der Waals surface area contributed by atoms with Crippen molar-refractivity contribution in [2.75, 3.05) is 19.8 Å². The molecule has 366 valence electrons. The Hall–Kier alpha value is -1.39. The van der Waals surface area contributed by atoms with Crippen LogP contribution in [0.2, 0.25) is 0 Å². The normalized spacial score (nSPS) is 53.4. The van der Waals surface area contributed by atoms with Crippen LogP contribution in [0.5, 0.6) is 0 Å². The van der Waals surface area contributed by atoms with Gasteiger partial charge in [0.2, 0.25) is 6.29 Å². The van der Waals surface area contributed by atoms with E-state index in [1.807, 2.05) is 0 Å². The van der Waals surface area contributed by atoms with Gasteiger partial charge in [0.25, 0.3) is 0 Å². The van der Waals surface area contributed by atoms with E-state index in [0.29, 0.717) is 19.3 Å². The lowest BCUT2D eigenvalue weighted by Gasteiger charge is -2.71. The average Bonchev–Trinajstić information content (AvgIpc) is 3.24. The molecule has 5 aliphatic carbocycles. The summed E-state index contributed by atoms with van der Waals surface area (Å²) >= 11 is 0. The SMILES string of the molecule is CC1(C)CCC2(C(=O)OC3OC(CO)C(O)C(O)C3O)CCC3(C)C(=CCC4C5(C)CCC(OC6OC(CO)C(O)C(OC7OCC(O)C(O)C7O)C6O)C(C)(C)C5CCC43C)C2C1. The number of esters is 1. The highest BCUT2D eigenvalue weighted by Gasteiger charge is 2.70. The standard InChI is InChI=1S/C47H76O17/c1-42(2)14-16-47(41(58)64-39-35(56)33(54)31(52)25(19-48)60-39)17-15-45(6)22(23(47)18-42)8-9-28-44(5)12-11-29(43(3,4)27(44)10-13-46(28,45)7)62-40-36(57)37(32(53)26(20-49)61-40)63-38-34(55)30(51)24(50)21-59-38/h8,23-40,48-57H,9-21H2,1-7H3. The molecule has 0 amide bonds. The van der Waals surface area contributed by atoms with Crippen LogP contribution >= 0.6 is 0 Å². The van der Waals surface area contributed by atoms with E-state index in [1.165, 1.54) is 5.57 Å². The van der Waals surface area contributed by atoms with Crippen molar-refractivity contribution in [3.8, 4) is 0 Å². The van der Waals surface area contributed by atoms with Crippen LogP contribution < -0.4 is 0 Å². The Morgan fingerprint density at radius 2 is 1.31 bits per heavy atom. The first kappa shape index (κ1) is 49.0. The molecule has 0 aromatic rings. The number of aliphatic hydroxyl groups is 10. The molecular formula is C47H76O17. The van der Waals surface area contributed by atoms with Crippen molar-refractivity contribution < 1.29 is 84.3 Å². The van der Waals surface area contributed by atoms with Gasteiger partial charge < -0.3 is 79.5 Å². The second-order valence-corrected chi connectivity index (χ2v) is 23.0. The zero-order valence-corrected chi connectivity index (χ0v) is 38.5. The Balaban J connectivity index is 1.02. The Morgan fingerprint density at radius 1 is 0.672 bits per heavy atom. The molecule has 7 fully saturated rings. The number of aliphatic hydroxyl groups excluding tert-OH is 10. The second-order valence-electron chi connectivity index (χ2n) is 23.0. The fourth-order valence-corrected chi connectivity index (χ4v) is 14.8. The molecule has 10 N–H and O–H groups in total. The molecule has 22 atom stereocenters. The summed E-state index contributed by atoms with van der Waals surface area (Å²) in [5.41, 5.74) is -0.545. The van der Waals surface area contributed by atoms with E-state index in [4.69, 9.17) is 28.4 Å². The molecule has 8 rings (SSSR count). The molecule has 0 radical (unpaired) electrons. The molecule has 0 bridgehead atoms. The summed E-state index contributed by atoms with van der Waals surface area (Å²) in [6.45, 7) is 14.6. The van der Waals surface area contributed by atoms with Crippen molar-refractivity contribution >= 4 is 5.97 Å². The summed E-state index contributed by atoms with van der Waals surface area (Å²) in [6.07, 6.45) is -11.0. The zero-order valence-electron chi connectivity index (χ0n) is 38.5. The van der Waals surface area contributed by atoms with E-state index >= 15 is 0 Å². The van der Waals surface area contributed by atoms with E-state index in [2.05, 4.69) is 54.5 Å². The number of hydrogen-bond acceptors (Lipinski definition) is 17. The van der Waals surface area contributed by atoms with Gasteiger partial charge in [-0.25, -0.2) is 0 Å². The van der Waals surface area contributed by atoms with E-state index in [-0.39, 0.29) is 46.0 Å². The Labute approximate surface area is 376 Å². The lowest BCUT2D eigenvalue weighted by molar-refractivity contribution is -0.361. The van der Waals surface area contributed by atoms with Gasteiger partial charge in [0.1, 0.15) is 67.1 Å². The predicted octanol–water partition coefficient (Wildman–Crippen LogP) is 0.780. The van der Waals surface area contributed by atoms with Crippen LogP contribution in [-0.4, -0.2) is 169 Å². The molecule has 0 aromatic heterocycles. The molecule has 0 spiro atoms. The minimum absolute atomic E-state index is 0.0471. The number of carbonyl (C=O) groups excluding carboxylic acids is 1. The predicted molar refractivity (Wildman–Crippen MR) is 224 cm³/mol. The van der Waals surface area contributed by atoms with Crippen LogP contribution in [0.15, 0.2) is 11.6 Å². The lowest BCUT2D eigenvalue weighted by Crippen LogP contribution is -2.66. The topological polar surface area (TPSA) is 275 Å². The third-order valence-corrected chi connectivity index (χ3v) is 18.9. The molecule has 17 heteroatoms. The van der Waals surface area contributed by atoms with Crippen LogP contribution in [0, 0.1) is 50.2 Å². The summed E-state index contributed by atoms with van der Waals surface area (Å²) in [4.78, 5) is 14.7. The van der Waals surface area contributed by atoms with Gasteiger partial charge in [0.15, 0.2) is 12.6 Å². The molecule has 8 aliphatic rings. The van der Waals surface area contributed by atoms with Crippen molar-refractivity contribution in [3.05, 3.63) is 11.6 Å². The van der Waals surface area contributed by atoms with Crippen molar-refractivity contribution in [1.29, 1.82) is 0 Å². The number of ether oxygens (including phenoxy) is 6. The van der Waals surface area contributed by atoms with Crippen LogP contribution in [0.1, 0.15) is 113 Å². The molecule has 4 saturated carbocycles. The number of carbonyl (C=O) groups is 1. The summed E-state index contributed by atoms with van der Waals surface area (Å²) in [6, 6.07) is 0. The molecule has 3 aliphatic heterocycles. The van der Waals surface area contributed by atoms with Gasteiger partial charge in [-0.2, -0.15) is 0 Å². The molecular weight excluding hydrogens is 836 g/mol. The van der Waals surface area contributed by atoms with Crippen LogP contribution in [0.4, 0.5) is 0 Å². The van der Waals surface area contributed by atoms with E-state index in [9.17, 15) is 55.9 Å². The van der Waals surface area contributed by atoms with Crippen molar-refractivity contribution in [3.63, 3.8) is 0 Å². The van der Waals surface area contributed by atoms with E-state index in [1.54, 1.807) is 0 Å². The van der Waals surface area contributed by atoms with Gasteiger partial charge in [0, 0.05) is 0 Å². The van der Waals surface area contributed by atoms with Gasteiger partial charge in [-0.05, 0) is 109 Å². The third kappa shape index (κ3) is 7.58. The number of allylic oxidation sites excluding steroid dienone is 2.